The lowest BCUT2D eigenvalue weighted by molar-refractivity contribution is 0.476. The minimum Gasteiger partial charge on any atom is -0.316 e. The zero-order valence-electron chi connectivity index (χ0n) is 11.3. The first-order chi connectivity index (χ1) is 8.47. The van der Waals surface area contributed by atoms with Crippen molar-refractivity contribution >= 4 is 11.6 Å². The lowest BCUT2D eigenvalue weighted by Crippen LogP contribution is -2.31. The molecule has 1 aliphatic carbocycles. The molecule has 0 amide bonds. The van der Waals surface area contributed by atoms with E-state index in [1.54, 1.807) is 6.07 Å². The first kappa shape index (κ1) is 13.8. The molecule has 0 saturated heterocycles. The van der Waals surface area contributed by atoms with Gasteiger partial charge in [-0.05, 0) is 36.4 Å². The van der Waals surface area contributed by atoms with Crippen LogP contribution < -0.4 is 5.32 Å². The van der Waals surface area contributed by atoms with Crippen molar-refractivity contribution in [1.29, 1.82) is 0 Å². The van der Waals surface area contributed by atoms with Crippen LogP contribution in [0.15, 0.2) is 18.2 Å². The van der Waals surface area contributed by atoms with Gasteiger partial charge in [0, 0.05) is 12.0 Å². The van der Waals surface area contributed by atoms with E-state index < -0.39 is 0 Å². The molecule has 3 heteroatoms. The van der Waals surface area contributed by atoms with Gasteiger partial charge in [-0.25, -0.2) is 4.39 Å². The van der Waals surface area contributed by atoms with Crippen LogP contribution in [0.3, 0.4) is 0 Å². The third-order valence-electron chi connectivity index (χ3n) is 3.93. The standard InChI is InChI=1S/C15H21ClFN/c1-10(2)8-18-9-15(7-11(15)3)12-5-4-6-13(16)14(12)17/h4-6,10-11,18H,7-9H2,1-3H3. The van der Waals surface area contributed by atoms with Crippen molar-refractivity contribution in [2.45, 2.75) is 32.6 Å². The zero-order valence-corrected chi connectivity index (χ0v) is 12.0. The van der Waals surface area contributed by atoms with E-state index in [2.05, 4.69) is 26.1 Å². The summed E-state index contributed by atoms with van der Waals surface area (Å²) < 4.78 is 14.1. The average Bonchev–Trinajstić information content (AvgIpc) is 2.94. The first-order valence-electron chi connectivity index (χ1n) is 6.62. The molecule has 1 nitrogen and oxygen atoms in total. The Labute approximate surface area is 114 Å². The quantitative estimate of drug-likeness (QED) is 0.852. The van der Waals surface area contributed by atoms with Crippen molar-refractivity contribution in [3.63, 3.8) is 0 Å². The Hall–Kier alpha value is -0.600. The molecule has 2 unspecified atom stereocenters. The van der Waals surface area contributed by atoms with Crippen LogP contribution in [0.4, 0.5) is 4.39 Å². The maximum Gasteiger partial charge on any atom is 0.145 e. The van der Waals surface area contributed by atoms with Gasteiger partial charge in [-0.3, -0.25) is 0 Å². The Morgan fingerprint density at radius 3 is 2.72 bits per heavy atom. The molecular weight excluding hydrogens is 249 g/mol. The summed E-state index contributed by atoms with van der Waals surface area (Å²) in [5.74, 6) is 0.889. The van der Waals surface area contributed by atoms with E-state index in [9.17, 15) is 4.39 Å². The minimum atomic E-state index is -0.241. The molecule has 2 atom stereocenters. The summed E-state index contributed by atoms with van der Waals surface area (Å²) in [5, 5.41) is 3.68. The summed E-state index contributed by atoms with van der Waals surface area (Å²) in [6.45, 7) is 8.34. The molecule has 0 radical (unpaired) electrons. The average molecular weight is 270 g/mol. The van der Waals surface area contributed by atoms with Gasteiger partial charge in [0.2, 0.25) is 0 Å². The van der Waals surface area contributed by atoms with Crippen LogP contribution in [0.1, 0.15) is 32.8 Å². The van der Waals surface area contributed by atoms with E-state index in [-0.39, 0.29) is 16.3 Å². The van der Waals surface area contributed by atoms with E-state index in [1.807, 2.05) is 12.1 Å². The predicted octanol–water partition coefficient (Wildman–Crippen LogP) is 4.00. The van der Waals surface area contributed by atoms with E-state index in [0.29, 0.717) is 11.8 Å². The smallest absolute Gasteiger partial charge is 0.145 e. The van der Waals surface area contributed by atoms with Crippen LogP contribution in [0, 0.1) is 17.7 Å². The van der Waals surface area contributed by atoms with Crippen LogP contribution in [0.25, 0.3) is 0 Å². The molecule has 0 aromatic heterocycles. The lowest BCUT2D eigenvalue weighted by atomic mass is 9.92. The lowest BCUT2D eigenvalue weighted by Gasteiger charge is -2.20. The summed E-state index contributed by atoms with van der Waals surface area (Å²) >= 11 is 5.88. The van der Waals surface area contributed by atoms with Crippen LogP contribution >= 0.6 is 11.6 Å². The van der Waals surface area contributed by atoms with E-state index in [0.717, 1.165) is 25.1 Å². The number of hydrogen-bond donors (Lipinski definition) is 1. The van der Waals surface area contributed by atoms with E-state index >= 15 is 0 Å². The Balaban J connectivity index is 2.15. The van der Waals surface area contributed by atoms with Gasteiger partial charge < -0.3 is 5.32 Å². The largest absolute Gasteiger partial charge is 0.316 e. The van der Waals surface area contributed by atoms with Crippen LogP contribution in [0.2, 0.25) is 5.02 Å². The van der Waals surface area contributed by atoms with E-state index in [4.69, 9.17) is 11.6 Å². The van der Waals surface area contributed by atoms with Crippen LogP contribution in [0.5, 0.6) is 0 Å². The monoisotopic (exact) mass is 269 g/mol. The SMILES string of the molecule is CC(C)CNCC1(c2cccc(Cl)c2F)CC1C. The van der Waals surface area contributed by atoms with Gasteiger partial charge in [0.25, 0.3) is 0 Å². The number of benzene rings is 1. The van der Waals surface area contributed by atoms with Crippen molar-refractivity contribution in [2.75, 3.05) is 13.1 Å². The number of hydrogen-bond acceptors (Lipinski definition) is 1. The topological polar surface area (TPSA) is 12.0 Å². The summed E-state index contributed by atoms with van der Waals surface area (Å²) in [6.07, 6.45) is 1.04. The summed E-state index contributed by atoms with van der Waals surface area (Å²) in [7, 11) is 0. The van der Waals surface area contributed by atoms with Crippen molar-refractivity contribution < 1.29 is 4.39 Å². The second-order valence-corrected chi connectivity index (χ2v) is 6.29. The second-order valence-electron chi connectivity index (χ2n) is 5.89. The third-order valence-corrected chi connectivity index (χ3v) is 4.23. The van der Waals surface area contributed by atoms with Crippen molar-refractivity contribution in [2.24, 2.45) is 11.8 Å². The number of rotatable bonds is 5. The molecule has 0 spiro atoms. The molecule has 0 heterocycles. The molecule has 1 aromatic rings. The highest BCUT2D eigenvalue weighted by atomic mass is 35.5. The number of nitrogens with one attached hydrogen (secondary N) is 1. The highest BCUT2D eigenvalue weighted by Crippen LogP contribution is 2.54. The molecular formula is C15H21ClFN. The molecule has 100 valence electrons. The van der Waals surface area contributed by atoms with Gasteiger partial charge in [0.15, 0.2) is 0 Å². The Morgan fingerprint density at radius 2 is 2.17 bits per heavy atom. The van der Waals surface area contributed by atoms with Gasteiger partial charge in [0.05, 0.1) is 5.02 Å². The van der Waals surface area contributed by atoms with Crippen LogP contribution in [-0.2, 0) is 5.41 Å². The fourth-order valence-corrected chi connectivity index (χ4v) is 2.85. The normalized spacial score (nSPS) is 26.7. The summed E-state index contributed by atoms with van der Waals surface area (Å²) in [6, 6.07) is 5.33. The molecule has 1 fully saturated rings. The fraction of sp³-hybridized carbons (Fsp3) is 0.600. The number of halogens is 2. The van der Waals surface area contributed by atoms with Gasteiger partial charge in [-0.15, -0.1) is 0 Å². The fourth-order valence-electron chi connectivity index (χ4n) is 2.68. The Bertz CT molecular complexity index is 433. The van der Waals surface area contributed by atoms with Crippen molar-refractivity contribution in [1.82, 2.24) is 5.32 Å². The van der Waals surface area contributed by atoms with E-state index in [1.165, 1.54) is 0 Å². The second kappa shape index (κ2) is 5.18. The zero-order chi connectivity index (χ0) is 13.3. The predicted molar refractivity (Wildman–Crippen MR) is 74.6 cm³/mol. The first-order valence-corrected chi connectivity index (χ1v) is 7.00. The molecule has 2 rings (SSSR count). The maximum atomic E-state index is 14.1. The van der Waals surface area contributed by atoms with Crippen molar-refractivity contribution in [3.8, 4) is 0 Å². The minimum absolute atomic E-state index is 0.0517. The Kier molecular flexibility index (Phi) is 3.98. The molecule has 1 saturated carbocycles. The molecule has 18 heavy (non-hydrogen) atoms. The molecule has 0 bridgehead atoms. The molecule has 1 N–H and O–H groups in total. The van der Waals surface area contributed by atoms with Gasteiger partial charge in [-0.1, -0.05) is 44.5 Å². The molecule has 1 aliphatic rings. The highest BCUT2D eigenvalue weighted by molar-refractivity contribution is 6.30. The van der Waals surface area contributed by atoms with Crippen LogP contribution in [-0.4, -0.2) is 13.1 Å². The summed E-state index contributed by atoms with van der Waals surface area (Å²) in [4.78, 5) is 0. The maximum absolute atomic E-state index is 14.1. The molecule has 1 aromatic carbocycles. The van der Waals surface area contributed by atoms with Gasteiger partial charge in [0.1, 0.15) is 5.82 Å². The van der Waals surface area contributed by atoms with Crippen molar-refractivity contribution in [3.05, 3.63) is 34.6 Å². The Morgan fingerprint density at radius 1 is 1.50 bits per heavy atom. The van der Waals surface area contributed by atoms with Gasteiger partial charge >= 0.3 is 0 Å². The highest BCUT2D eigenvalue weighted by Gasteiger charge is 2.53. The summed E-state index contributed by atoms with van der Waals surface area (Å²) in [5.41, 5.74) is 0.725. The van der Waals surface area contributed by atoms with Gasteiger partial charge in [-0.2, -0.15) is 0 Å². The third kappa shape index (κ3) is 2.55. The molecule has 0 aliphatic heterocycles.